The first-order valence-electron chi connectivity index (χ1n) is 4.34. The van der Waals surface area contributed by atoms with Crippen molar-refractivity contribution in [3.63, 3.8) is 0 Å². The summed E-state index contributed by atoms with van der Waals surface area (Å²) in [6.07, 6.45) is -4.38. The second-order valence-corrected chi connectivity index (χ2v) is 4.32. The molecule has 0 bridgehead atoms. The number of hydrogen-bond donors (Lipinski definition) is 2. The molecule has 2 rings (SSSR count). The van der Waals surface area contributed by atoms with Crippen LogP contribution >= 0.6 is 11.3 Å². The van der Waals surface area contributed by atoms with E-state index in [2.05, 4.69) is 0 Å². The second kappa shape index (κ2) is 3.48. The number of hydrogen-bond acceptors (Lipinski definition) is 2. The number of nitrogens with two attached hydrogens (primary N) is 1. The molecule has 0 aliphatic rings. The van der Waals surface area contributed by atoms with E-state index in [0.717, 1.165) is 17.4 Å². The number of benzene rings is 1. The molecule has 0 spiro atoms. The van der Waals surface area contributed by atoms with Gasteiger partial charge in [-0.25, -0.2) is 0 Å². The summed E-state index contributed by atoms with van der Waals surface area (Å²) < 4.78 is 38.4. The van der Waals surface area contributed by atoms with Gasteiger partial charge in [-0.05, 0) is 18.2 Å². The Kier molecular flexibility index (Phi) is 2.38. The zero-order chi connectivity index (χ0) is 11.9. The quantitative estimate of drug-likeness (QED) is 0.587. The lowest BCUT2D eigenvalue weighted by Gasteiger charge is -2.06. The molecule has 0 saturated heterocycles. The minimum atomic E-state index is -4.38. The molecule has 1 aromatic carbocycles. The van der Waals surface area contributed by atoms with E-state index in [-0.39, 0.29) is 11.2 Å². The molecule has 3 N–H and O–H groups in total. The Morgan fingerprint density at radius 1 is 1.31 bits per heavy atom. The maximum Gasteiger partial charge on any atom is 0.417 e. The highest BCUT2D eigenvalue weighted by molar-refractivity contribution is 7.20. The Morgan fingerprint density at radius 2 is 2.00 bits per heavy atom. The van der Waals surface area contributed by atoms with Gasteiger partial charge in [0.2, 0.25) is 0 Å². The van der Waals surface area contributed by atoms with Crippen LogP contribution < -0.4 is 5.73 Å². The van der Waals surface area contributed by atoms with Gasteiger partial charge in [0.15, 0.2) is 0 Å². The van der Waals surface area contributed by atoms with Crippen LogP contribution in [-0.4, -0.2) is 5.84 Å². The summed E-state index contributed by atoms with van der Waals surface area (Å²) in [5.41, 5.74) is 4.56. The average molecular weight is 244 g/mol. The zero-order valence-corrected chi connectivity index (χ0v) is 8.75. The van der Waals surface area contributed by atoms with Crippen molar-refractivity contribution in [1.82, 2.24) is 0 Å². The standard InChI is InChI=1S/C10H7F3N2S/c11-10(12,13)6-2-1-3-7-5(6)4-8(16-7)9(14)15/h1-4H,(H3,14,15). The number of amidine groups is 1. The molecule has 0 saturated carbocycles. The van der Waals surface area contributed by atoms with Crippen LogP contribution in [0.3, 0.4) is 0 Å². The Bertz CT molecular complexity index is 557. The van der Waals surface area contributed by atoms with E-state index in [4.69, 9.17) is 11.1 Å². The van der Waals surface area contributed by atoms with Gasteiger partial charge in [0.25, 0.3) is 0 Å². The van der Waals surface area contributed by atoms with Crippen LogP contribution in [-0.2, 0) is 6.18 Å². The molecule has 0 amide bonds. The van der Waals surface area contributed by atoms with Crippen LogP contribution in [0.5, 0.6) is 0 Å². The Hall–Kier alpha value is -1.56. The first-order valence-corrected chi connectivity index (χ1v) is 5.15. The highest BCUT2D eigenvalue weighted by atomic mass is 32.1. The van der Waals surface area contributed by atoms with Crippen molar-refractivity contribution >= 4 is 27.3 Å². The molecule has 2 nitrogen and oxygen atoms in total. The van der Waals surface area contributed by atoms with Crippen LogP contribution in [0.2, 0.25) is 0 Å². The molecule has 6 heteroatoms. The van der Waals surface area contributed by atoms with Crippen molar-refractivity contribution in [3.05, 3.63) is 34.7 Å². The number of nitrogen functional groups attached to an aromatic ring is 1. The Labute approximate surface area is 93.0 Å². The van der Waals surface area contributed by atoms with Crippen LogP contribution in [0.15, 0.2) is 24.3 Å². The van der Waals surface area contributed by atoms with Crippen LogP contribution in [0.25, 0.3) is 10.1 Å². The van der Waals surface area contributed by atoms with E-state index in [0.29, 0.717) is 9.58 Å². The van der Waals surface area contributed by atoms with Gasteiger partial charge >= 0.3 is 6.18 Å². The largest absolute Gasteiger partial charge is 0.417 e. The molecular weight excluding hydrogens is 237 g/mol. The van der Waals surface area contributed by atoms with E-state index < -0.39 is 11.7 Å². The van der Waals surface area contributed by atoms with Gasteiger partial charge in [-0.1, -0.05) is 6.07 Å². The molecule has 0 fully saturated rings. The summed E-state index contributed by atoms with van der Waals surface area (Å²) in [5.74, 6) is -0.214. The van der Waals surface area contributed by atoms with E-state index in [1.165, 1.54) is 12.1 Å². The predicted molar refractivity (Wildman–Crippen MR) is 57.8 cm³/mol. The third-order valence-electron chi connectivity index (χ3n) is 2.13. The summed E-state index contributed by atoms with van der Waals surface area (Å²) in [4.78, 5) is 0.353. The molecule has 0 radical (unpaired) electrons. The minimum absolute atomic E-state index is 0.102. The van der Waals surface area contributed by atoms with Crippen LogP contribution in [0.1, 0.15) is 10.4 Å². The summed E-state index contributed by atoms with van der Waals surface area (Å²) in [5, 5.41) is 7.30. The monoisotopic (exact) mass is 244 g/mol. The molecule has 1 aromatic heterocycles. The second-order valence-electron chi connectivity index (χ2n) is 3.24. The van der Waals surface area contributed by atoms with E-state index >= 15 is 0 Å². The number of thiophene rings is 1. The first kappa shape index (κ1) is 10.9. The molecule has 16 heavy (non-hydrogen) atoms. The van der Waals surface area contributed by atoms with E-state index in [1.54, 1.807) is 6.07 Å². The van der Waals surface area contributed by atoms with Gasteiger partial charge in [-0.2, -0.15) is 13.2 Å². The fourth-order valence-electron chi connectivity index (χ4n) is 1.44. The molecule has 0 aliphatic heterocycles. The lowest BCUT2D eigenvalue weighted by molar-refractivity contribution is -0.136. The summed E-state index contributed by atoms with van der Waals surface area (Å²) in [7, 11) is 0. The van der Waals surface area contributed by atoms with Gasteiger partial charge < -0.3 is 5.73 Å². The van der Waals surface area contributed by atoms with Gasteiger partial charge in [0.1, 0.15) is 5.84 Å². The lowest BCUT2D eigenvalue weighted by Crippen LogP contribution is -2.08. The summed E-state index contributed by atoms with van der Waals surface area (Å²) in [6, 6.07) is 5.28. The number of fused-ring (bicyclic) bond motifs is 1. The minimum Gasteiger partial charge on any atom is -0.383 e. The highest BCUT2D eigenvalue weighted by Crippen LogP contribution is 2.37. The summed E-state index contributed by atoms with van der Waals surface area (Å²) in [6.45, 7) is 0. The first-order chi connectivity index (χ1) is 7.39. The number of rotatable bonds is 1. The fraction of sp³-hybridized carbons (Fsp3) is 0.100. The predicted octanol–water partition coefficient (Wildman–Crippen LogP) is 3.20. The maximum absolute atomic E-state index is 12.6. The fourth-order valence-corrected chi connectivity index (χ4v) is 2.39. The van der Waals surface area contributed by atoms with E-state index in [1.807, 2.05) is 0 Å². The van der Waals surface area contributed by atoms with Gasteiger partial charge in [0, 0.05) is 10.1 Å². The maximum atomic E-state index is 12.6. The zero-order valence-electron chi connectivity index (χ0n) is 7.93. The lowest BCUT2D eigenvalue weighted by atomic mass is 10.1. The molecule has 0 unspecified atom stereocenters. The van der Waals surface area contributed by atoms with Crippen LogP contribution in [0, 0.1) is 5.41 Å². The molecule has 0 atom stereocenters. The molecule has 1 heterocycles. The highest BCUT2D eigenvalue weighted by Gasteiger charge is 2.32. The van der Waals surface area contributed by atoms with E-state index in [9.17, 15) is 13.2 Å². The molecule has 0 aliphatic carbocycles. The Morgan fingerprint density at radius 3 is 2.56 bits per heavy atom. The summed E-state index contributed by atoms with van der Waals surface area (Å²) >= 11 is 1.09. The molecular formula is C10H7F3N2S. The van der Waals surface area contributed by atoms with Gasteiger partial charge in [-0.3, -0.25) is 5.41 Å². The normalized spacial score (nSPS) is 11.9. The third-order valence-corrected chi connectivity index (χ3v) is 3.27. The molecule has 84 valence electrons. The molecule has 2 aromatic rings. The van der Waals surface area contributed by atoms with Crippen molar-refractivity contribution < 1.29 is 13.2 Å². The number of nitrogens with one attached hydrogen (secondary N) is 1. The van der Waals surface area contributed by atoms with Crippen molar-refractivity contribution in [2.24, 2.45) is 5.73 Å². The van der Waals surface area contributed by atoms with Gasteiger partial charge in [-0.15, -0.1) is 11.3 Å². The average Bonchev–Trinajstić information content (AvgIpc) is 2.58. The number of alkyl halides is 3. The Balaban J connectivity index is 2.73. The third kappa shape index (κ3) is 1.76. The topological polar surface area (TPSA) is 49.9 Å². The van der Waals surface area contributed by atoms with Crippen molar-refractivity contribution in [2.45, 2.75) is 6.18 Å². The van der Waals surface area contributed by atoms with Crippen molar-refractivity contribution in [1.29, 1.82) is 5.41 Å². The SMILES string of the molecule is N=C(N)c1cc2c(C(F)(F)F)cccc2s1. The smallest absolute Gasteiger partial charge is 0.383 e. The number of halogens is 3. The van der Waals surface area contributed by atoms with Gasteiger partial charge in [0.05, 0.1) is 10.4 Å². The van der Waals surface area contributed by atoms with Crippen LogP contribution in [0.4, 0.5) is 13.2 Å². The van der Waals surface area contributed by atoms with Crippen molar-refractivity contribution in [3.8, 4) is 0 Å². The van der Waals surface area contributed by atoms with Crippen molar-refractivity contribution in [2.75, 3.05) is 0 Å².